The Balaban J connectivity index is 1.62. The molecule has 1 aromatic carbocycles. The van der Waals surface area contributed by atoms with Gasteiger partial charge in [0.05, 0.1) is 6.61 Å². The van der Waals surface area contributed by atoms with Crippen molar-refractivity contribution in [2.24, 2.45) is 0 Å². The average molecular weight is 345 g/mol. The predicted molar refractivity (Wildman–Crippen MR) is 95.5 cm³/mol. The van der Waals surface area contributed by atoms with Crippen molar-refractivity contribution in [3.63, 3.8) is 0 Å². The maximum absolute atomic E-state index is 12.3. The first-order valence-corrected chi connectivity index (χ1v) is 9.03. The van der Waals surface area contributed by atoms with Crippen molar-refractivity contribution in [1.29, 1.82) is 0 Å². The van der Waals surface area contributed by atoms with Gasteiger partial charge in [0.15, 0.2) is 0 Å². The number of hydrogen-bond donors (Lipinski definition) is 1. The lowest BCUT2D eigenvalue weighted by molar-refractivity contribution is -0.130. The standard InChI is InChI=1S/C19H27N3O3/c1-4-25-15-9-7-14(8-10-15)16-6-5-11-21(16)12-13-22-17(23)19(2,3)20-18(22)24/h7-10,16H,4-6,11-13H2,1-3H3,(H,20,24)/t16-/m1/s1. The smallest absolute Gasteiger partial charge is 0.325 e. The number of carbonyl (C=O) groups excluding carboxylic acids is 2. The van der Waals surface area contributed by atoms with Crippen LogP contribution in [0, 0.1) is 0 Å². The zero-order valence-corrected chi connectivity index (χ0v) is 15.2. The summed E-state index contributed by atoms with van der Waals surface area (Å²) in [5.74, 6) is 0.742. The first-order chi connectivity index (χ1) is 11.9. The third kappa shape index (κ3) is 3.63. The summed E-state index contributed by atoms with van der Waals surface area (Å²) in [5, 5.41) is 2.73. The highest BCUT2D eigenvalue weighted by Crippen LogP contribution is 2.32. The van der Waals surface area contributed by atoms with E-state index in [1.165, 1.54) is 10.5 Å². The van der Waals surface area contributed by atoms with Gasteiger partial charge < -0.3 is 10.1 Å². The van der Waals surface area contributed by atoms with Gasteiger partial charge in [-0.3, -0.25) is 14.6 Å². The molecule has 0 saturated carbocycles. The van der Waals surface area contributed by atoms with Gasteiger partial charge in [0, 0.05) is 19.1 Å². The van der Waals surface area contributed by atoms with E-state index in [4.69, 9.17) is 4.74 Å². The summed E-state index contributed by atoms with van der Waals surface area (Å²) in [7, 11) is 0. The number of benzene rings is 1. The minimum atomic E-state index is -0.795. The van der Waals surface area contributed by atoms with Crippen LogP contribution in [0.25, 0.3) is 0 Å². The summed E-state index contributed by atoms with van der Waals surface area (Å²) in [4.78, 5) is 28.0. The van der Waals surface area contributed by atoms with Gasteiger partial charge >= 0.3 is 6.03 Å². The first-order valence-electron chi connectivity index (χ1n) is 9.03. The molecule has 0 bridgehead atoms. The second-order valence-electron chi connectivity index (χ2n) is 7.21. The molecule has 2 fully saturated rings. The van der Waals surface area contributed by atoms with Crippen molar-refractivity contribution in [3.8, 4) is 5.75 Å². The van der Waals surface area contributed by atoms with Crippen LogP contribution in [0.4, 0.5) is 4.79 Å². The summed E-state index contributed by atoms with van der Waals surface area (Å²) in [6.45, 7) is 8.25. The summed E-state index contributed by atoms with van der Waals surface area (Å²) < 4.78 is 5.51. The van der Waals surface area contributed by atoms with Crippen LogP contribution >= 0.6 is 0 Å². The molecule has 0 aromatic heterocycles. The van der Waals surface area contributed by atoms with Gasteiger partial charge in [0.1, 0.15) is 11.3 Å². The normalized spacial score (nSPS) is 23.2. The number of ether oxygens (including phenoxy) is 1. The average Bonchev–Trinajstić information content (AvgIpc) is 3.10. The fourth-order valence-electron chi connectivity index (χ4n) is 3.67. The summed E-state index contributed by atoms with van der Waals surface area (Å²) >= 11 is 0. The summed E-state index contributed by atoms with van der Waals surface area (Å²) in [5.41, 5.74) is 0.467. The molecule has 6 heteroatoms. The van der Waals surface area contributed by atoms with Gasteiger partial charge in [-0.15, -0.1) is 0 Å². The Kier molecular flexibility index (Phi) is 4.99. The Bertz CT molecular complexity index is 642. The molecular formula is C19H27N3O3. The molecule has 3 amide bonds. The minimum Gasteiger partial charge on any atom is -0.494 e. The highest BCUT2D eigenvalue weighted by Gasteiger charge is 2.44. The molecule has 1 aromatic rings. The number of amides is 3. The topological polar surface area (TPSA) is 61.9 Å². The van der Waals surface area contributed by atoms with E-state index in [-0.39, 0.29) is 11.9 Å². The molecule has 0 radical (unpaired) electrons. The lowest BCUT2D eigenvalue weighted by Gasteiger charge is -2.26. The molecule has 2 aliphatic heterocycles. The van der Waals surface area contributed by atoms with Crippen LogP contribution in [-0.2, 0) is 4.79 Å². The zero-order valence-electron chi connectivity index (χ0n) is 15.2. The van der Waals surface area contributed by atoms with E-state index in [0.717, 1.165) is 25.1 Å². The van der Waals surface area contributed by atoms with E-state index in [1.54, 1.807) is 13.8 Å². The van der Waals surface area contributed by atoms with Crippen LogP contribution < -0.4 is 10.1 Å². The number of nitrogens with zero attached hydrogens (tertiary/aromatic N) is 2. The first kappa shape index (κ1) is 17.7. The van der Waals surface area contributed by atoms with Crippen LogP contribution in [0.5, 0.6) is 5.75 Å². The van der Waals surface area contributed by atoms with Crippen molar-refractivity contribution >= 4 is 11.9 Å². The molecule has 6 nitrogen and oxygen atoms in total. The van der Waals surface area contributed by atoms with E-state index in [1.807, 2.05) is 19.1 Å². The van der Waals surface area contributed by atoms with Gasteiger partial charge in [-0.05, 0) is 57.9 Å². The molecular weight excluding hydrogens is 318 g/mol. The van der Waals surface area contributed by atoms with Gasteiger partial charge in [0.25, 0.3) is 5.91 Å². The molecule has 0 spiro atoms. The lowest BCUT2D eigenvalue weighted by Crippen LogP contribution is -2.41. The Morgan fingerprint density at radius 1 is 1.20 bits per heavy atom. The van der Waals surface area contributed by atoms with Crippen molar-refractivity contribution in [2.45, 2.75) is 45.2 Å². The van der Waals surface area contributed by atoms with Crippen LogP contribution in [0.2, 0.25) is 0 Å². The van der Waals surface area contributed by atoms with E-state index < -0.39 is 5.54 Å². The van der Waals surface area contributed by atoms with E-state index in [9.17, 15) is 9.59 Å². The van der Waals surface area contributed by atoms with Crippen LogP contribution in [0.3, 0.4) is 0 Å². The van der Waals surface area contributed by atoms with Gasteiger partial charge in [-0.1, -0.05) is 12.1 Å². The third-order valence-electron chi connectivity index (χ3n) is 4.99. The van der Waals surface area contributed by atoms with E-state index in [2.05, 4.69) is 22.3 Å². The number of urea groups is 1. The van der Waals surface area contributed by atoms with Gasteiger partial charge in [0.2, 0.25) is 0 Å². The fourth-order valence-corrected chi connectivity index (χ4v) is 3.67. The van der Waals surface area contributed by atoms with Crippen molar-refractivity contribution in [1.82, 2.24) is 15.1 Å². The van der Waals surface area contributed by atoms with Gasteiger partial charge in [-0.25, -0.2) is 4.79 Å². The summed E-state index contributed by atoms with van der Waals surface area (Å²) in [6.07, 6.45) is 2.23. The Morgan fingerprint density at radius 3 is 2.52 bits per heavy atom. The number of imide groups is 1. The van der Waals surface area contributed by atoms with Crippen molar-refractivity contribution in [3.05, 3.63) is 29.8 Å². The summed E-state index contributed by atoms with van der Waals surface area (Å²) in [6, 6.07) is 8.30. The maximum Gasteiger partial charge on any atom is 0.325 e. The SMILES string of the molecule is CCOc1ccc([C@H]2CCCN2CCN2C(=O)NC(C)(C)C2=O)cc1. The number of carbonyl (C=O) groups is 2. The third-order valence-corrected chi connectivity index (χ3v) is 4.99. The Hall–Kier alpha value is -2.08. The quantitative estimate of drug-likeness (QED) is 0.805. The zero-order chi connectivity index (χ0) is 18.0. The Morgan fingerprint density at radius 2 is 1.92 bits per heavy atom. The largest absolute Gasteiger partial charge is 0.494 e. The van der Waals surface area contributed by atoms with E-state index in [0.29, 0.717) is 25.7 Å². The minimum absolute atomic E-state index is 0.144. The molecule has 2 heterocycles. The predicted octanol–water partition coefficient (Wildman–Crippen LogP) is 2.55. The highest BCUT2D eigenvalue weighted by atomic mass is 16.5. The number of rotatable bonds is 6. The second kappa shape index (κ2) is 7.04. The van der Waals surface area contributed by atoms with Gasteiger partial charge in [-0.2, -0.15) is 0 Å². The van der Waals surface area contributed by atoms with Crippen LogP contribution in [0.15, 0.2) is 24.3 Å². The van der Waals surface area contributed by atoms with Crippen molar-refractivity contribution < 1.29 is 14.3 Å². The molecule has 2 aliphatic rings. The van der Waals surface area contributed by atoms with Crippen molar-refractivity contribution in [2.75, 3.05) is 26.2 Å². The maximum atomic E-state index is 12.3. The van der Waals surface area contributed by atoms with E-state index >= 15 is 0 Å². The number of nitrogens with one attached hydrogen (secondary N) is 1. The second-order valence-corrected chi connectivity index (χ2v) is 7.21. The van der Waals surface area contributed by atoms with Crippen LogP contribution in [0.1, 0.15) is 45.2 Å². The molecule has 3 rings (SSSR count). The molecule has 136 valence electrons. The van der Waals surface area contributed by atoms with Crippen LogP contribution in [-0.4, -0.2) is 53.5 Å². The Labute approximate surface area is 149 Å². The molecule has 1 N–H and O–H groups in total. The molecule has 0 aliphatic carbocycles. The molecule has 0 unspecified atom stereocenters. The molecule has 1 atom stereocenters. The monoisotopic (exact) mass is 345 g/mol. The molecule has 2 saturated heterocycles. The number of likely N-dealkylation sites (tertiary alicyclic amines) is 1. The highest BCUT2D eigenvalue weighted by molar-refractivity contribution is 6.06. The fraction of sp³-hybridized carbons (Fsp3) is 0.579. The number of hydrogen-bond acceptors (Lipinski definition) is 4. The molecule has 25 heavy (non-hydrogen) atoms. The lowest BCUT2D eigenvalue weighted by atomic mass is 10.0.